The van der Waals surface area contributed by atoms with Crippen LogP contribution in [0.15, 0.2) is 51.7 Å². The fourth-order valence-corrected chi connectivity index (χ4v) is 3.43. The van der Waals surface area contributed by atoms with Gasteiger partial charge in [-0.2, -0.15) is 0 Å². The van der Waals surface area contributed by atoms with Crippen LogP contribution in [0, 0.1) is 13.8 Å². The van der Waals surface area contributed by atoms with Crippen LogP contribution in [0.2, 0.25) is 0 Å². The van der Waals surface area contributed by atoms with Gasteiger partial charge in [-0.1, -0.05) is 27.6 Å². The second-order valence-corrected chi connectivity index (χ2v) is 7.67. The Kier molecular flexibility index (Phi) is 6.16. The fraction of sp³-hybridized carbons (Fsp3) is 0.238. The van der Waals surface area contributed by atoms with Crippen molar-refractivity contribution in [2.75, 3.05) is 18.5 Å². The number of nitrogens with one attached hydrogen (secondary N) is 2. The van der Waals surface area contributed by atoms with Crippen LogP contribution in [0.3, 0.4) is 0 Å². The molecule has 1 heterocycles. The van der Waals surface area contributed by atoms with Gasteiger partial charge in [-0.3, -0.25) is 4.79 Å². The van der Waals surface area contributed by atoms with Crippen molar-refractivity contribution in [2.24, 2.45) is 0 Å². The number of hydrogen-bond donors (Lipinski definition) is 3. The van der Waals surface area contributed by atoms with Gasteiger partial charge in [0, 0.05) is 22.3 Å². The zero-order chi connectivity index (χ0) is 20.3. The standard InChI is InChI=1S/C21H22BrN3O3/c1-13-9-14(2)19-15(10-13)11-16(20(27)24-19)12-25(7-8-26)21(28)23-18-5-3-17(22)4-6-18/h3-6,9-11,26H,7-8,12H2,1-2H3,(H,23,28)(H,24,27). The van der Waals surface area contributed by atoms with Gasteiger partial charge in [0.25, 0.3) is 5.56 Å². The van der Waals surface area contributed by atoms with Crippen LogP contribution in [0.25, 0.3) is 10.9 Å². The second-order valence-electron chi connectivity index (χ2n) is 6.75. The SMILES string of the molecule is Cc1cc(C)c2[nH]c(=O)c(CN(CCO)C(=O)Nc3ccc(Br)cc3)cc2c1. The molecule has 0 aliphatic rings. The molecule has 6 nitrogen and oxygen atoms in total. The highest BCUT2D eigenvalue weighted by Crippen LogP contribution is 2.19. The molecule has 3 N–H and O–H groups in total. The van der Waals surface area contributed by atoms with Crippen LogP contribution in [0.1, 0.15) is 16.7 Å². The van der Waals surface area contributed by atoms with Crippen molar-refractivity contribution < 1.29 is 9.90 Å². The number of urea groups is 1. The first-order chi connectivity index (χ1) is 13.4. The Morgan fingerprint density at radius 2 is 1.89 bits per heavy atom. The van der Waals surface area contributed by atoms with E-state index in [-0.39, 0.29) is 31.3 Å². The summed E-state index contributed by atoms with van der Waals surface area (Å²) in [7, 11) is 0. The number of aryl methyl sites for hydroxylation is 2. The van der Waals surface area contributed by atoms with Gasteiger partial charge in [0.2, 0.25) is 0 Å². The predicted octanol–water partition coefficient (Wildman–Crippen LogP) is 3.93. The van der Waals surface area contributed by atoms with Gasteiger partial charge in [-0.15, -0.1) is 0 Å². The summed E-state index contributed by atoms with van der Waals surface area (Å²) in [5.41, 5.74) is 3.76. The molecular formula is C21H22BrN3O3. The number of aromatic amines is 1. The molecule has 1 aromatic heterocycles. The van der Waals surface area contributed by atoms with Crippen molar-refractivity contribution >= 4 is 38.6 Å². The Balaban J connectivity index is 1.87. The average molecular weight is 444 g/mol. The third-order valence-electron chi connectivity index (χ3n) is 4.48. The van der Waals surface area contributed by atoms with Crippen molar-refractivity contribution in [2.45, 2.75) is 20.4 Å². The van der Waals surface area contributed by atoms with E-state index in [9.17, 15) is 14.7 Å². The number of benzene rings is 2. The van der Waals surface area contributed by atoms with E-state index >= 15 is 0 Å². The minimum Gasteiger partial charge on any atom is -0.395 e. The quantitative estimate of drug-likeness (QED) is 0.558. The van der Waals surface area contributed by atoms with Crippen molar-refractivity contribution in [3.8, 4) is 0 Å². The maximum absolute atomic E-state index is 12.7. The summed E-state index contributed by atoms with van der Waals surface area (Å²) in [6, 6.07) is 12.6. The highest BCUT2D eigenvalue weighted by Gasteiger charge is 2.16. The molecule has 3 aromatic rings. The number of rotatable bonds is 5. The van der Waals surface area contributed by atoms with E-state index in [2.05, 4.69) is 26.2 Å². The van der Waals surface area contributed by atoms with Crippen molar-refractivity contribution in [1.29, 1.82) is 0 Å². The summed E-state index contributed by atoms with van der Waals surface area (Å²) < 4.78 is 0.908. The van der Waals surface area contributed by atoms with E-state index in [4.69, 9.17) is 0 Å². The summed E-state index contributed by atoms with van der Waals surface area (Å²) >= 11 is 3.35. The average Bonchev–Trinajstić information content (AvgIpc) is 2.64. The van der Waals surface area contributed by atoms with Crippen LogP contribution < -0.4 is 10.9 Å². The van der Waals surface area contributed by atoms with Crippen molar-refractivity contribution in [1.82, 2.24) is 9.88 Å². The van der Waals surface area contributed by atoms with Gasteiger partial charge in [0.05, 0.1) is 18.7 Å². The minimum absolute atomic E-state index is 0.0984. The van der Waals surface area contributed by atoms with E-state index in [0.717, 1.165) is 26.5 Å². The number of fused-ring (bicyclic) bond motifs is 1. The number of aliphatic hydroxyl groups is 1. The number of carbonyl (C=O) groups excluding carboxylic acids is 1. The van der Waals surface area contributed by atoms with E-state index in [0.29, 0.717) is 11.3 Å². The number of aromatic nitrogens is 1. The third-order valence-corrected chi connectivity index (χ3v) is 5.01. The number of halogens is 1. The highest BCUT2D eigenvalue weighted by atomic mass is 79.9. The number of anilines is 1. The molecule has 0 saturated heterocycles. The lowest BCUT2D eigenvalue weighted by atomic mass is 10.1. The molecule has 2 aromatic carbocycles. The van der Waals surface area contributed by atoms with Gasteiger partial charge in [0.15, 0.2) is 0 Å². The molecule has 2 amide bonds. The molecule has 0 bridgehead atoms. The summed E-state index contributed by atoms with van der Waals surface area (Å²) in [5, 5.41) is 13.1. The lowest BCUT2D eigenvalue weighted by molar-refractivity contribution is 0.185. The number of hydrogen-bond acceptors (Lipinski definition) is 3. The zero-order valence-corrected chi connectivity index (χ0v) is 17.3. The van der Waals surface area contributed by atoms with Gasteiger partial charge < -0.3 is 20.3 Å². The molecule has 28 heavy (non-hydrogen) atoms. The second kappa shape index (κ2) is 8.58. The summed E-state index contributed by atoms with van der Waals surface area (Å²) in [5.74, 6) is 0. The smallest absolute Gasteiger partial charge is 0.322 e. The normalized spacial score (nSPS) is 10.9. The Morgan fingerprint density at radius 3 is 2.57 bits per heavy atom. The van der Waals surface area contributed by atoms with Crippen LogP contribution >= 0.6 is 15.9 Å². The van der Waals surface area contributed by atoms with E-state index < -0.39 is 0 Å². The molecule has 0 spiro atoms. The molecule has 0 radical (unpaired) electrons. The predicted molar refractivity (Wildman–Crippen MR) is 115 cm³/mol. The van der Waals surface area contributed by atoms with Crippen LogP contribution in [0.4, 0.5) is 10.5 Å². The van der Waals surface area contributed by atoms with Crippen molar-refractivity contribution in [3.63, 3.8) is 0 Å². The first-order valence-electron chi connectivity index (χ1n) is 8.93. The van der Waals surface area contributed by atoms with Crippen molar-refractivity contribution in [3.05, 3.63) is 74.0 Å². The number of carbonyl (C=O) groups is 1. The summed E-state index contributed by atoms with van der Waals surface area (Å²) in [6.45, 7) is 3.97. The van der Waals surface area contributed by atoms with Gasteiger partial charge in [-0.05, 0) is 61.2 Å². The first kappa shape index (κ1) is 20.1. The van der Waals surface area contributed by atoms with Gasteiger partial charge >= 0.3 is 6.03 Å². The molecule has 7 heteroatoms. The number of aliphatic hydroxyl groups excluding tert-OH is 1. The molecule has 146 valence electrons. The Morgan fingerprint density at radius 1 is 1.18 bits per heavy atom. The lowest BCUT2D eigenvalue weighted by Crippen LogP contribution is -2.38. The topological polar surface area (TPSA) is 85.4 Å². The van der Waals surface area contributed by atoms with E-state index in [1.807, 2.05) is 44.2 Å². The number of pyridine rings is 1. The maximum Gasteiger partial charge on any atom is 0.322 e. The molecule has 0 fully saturated rings. The van der Waals surface area contributed by atoms with Gasteiger partial charge in [0.1, 0.15) is 0 Å². The van der Waals surface area contributed by atoms with Gasteiger partial charge in [-0.25, -0.2) is 4.79 Å². The Bertz CT molecular complexity index is 1060. The molecule has 0 aliphatic carbocycles. The van der Waals surface area contributed by atoms with E-state index in [1.165, 1.54) is 4.90 Å². The van der Waals surface area contributed by atoms with Crippen LogP contribution in [-0.4, -0.2) is 34.2 Å². The molecule has 0 saturated carbocycles. The minimum atomic E-state index is -0.378. The van der Waals surface area contributed by atoms with Crippen LogP contribution in [0.5, 0.6) is 0 Å². The number of H-pyrrole nitrogens is 1. The number of nitrogens with zero attached hydrogens (tertiary/aromatic N) is 1. The molecule has 3 rings (SSSR count). The van der Waals surface area contributed by atoms with Crippen LogP contribution in [-0.2, 0) is 6.54 Å². The molecule has 0 aliphatic heterocycles. The number of amides is 2. The maximum atomic E-state index is 12.7. The third kappa shape index (κ3) is 4.61. The Hall–Kier alpha value is -2.64. The summed E-state index contributed by atoms with van der Waals surface area (Å²) in [6.07, 6.45) is 0. The highest BCUT2D eigenvalue weighted by molar-refractivity contribution is 9.10. The molecule has 0 atom stereocenters. The first-order valence-corrected chi connectivity index (χ1v) is 9.72. The largest absolute Gasteiger partial charge is 0.395 e. The molecular weight excluding hydrogens is 422 g/mol. The zero-order valence-electron chi connectivity index (χ0n) is 15.8. The monoisotopic (exact) mass is 443 g/mol. The van der Waals surface area contributed by atoms with E-state index in [1.54, 1.807) is 12.1 Å². The Labute approximate surface area is 171 Å². The lowest BCUT2D eigenvalue weighted by Gasteiger charge is -2.22. The molecule has 0 unspecified atom stereocenters. The fourth-order valence-electron chi connectivity index (χ4n) is 3.16. The summed E-state index contributed by atoms with van der Waals surface area (Å²) in [4.78, 5) is 29.5.